The van der Waals surface area contributed by atoms with E-state index in [0.717, 1.165) is 23.2 Å². The summed E-state index contributed by atoms with van der Waals surface area (Å²) >= 11 is 0. The molecule has 1 aliphatic carbocycles. The second kappa shape index (κ2) is 5.79. The number of benzene rings is 1. The van der Waals surface area contributed by atoms with Crippen LogP contribution >= 0.6 is 0 Å². The Morgan fingerprint density at radius 2 is 2.04 bits per heavy atom. The molecule has 0 spiro atoms. The summed E-state index contributed by atoms with van der Waals surface area (Å²) in [4.78, 5) is 7.19. The van der Waals surface area contributed by atoms with Gasteiger partial charge in [0, 0.05) is 36.8 Å². The molecule has 2 fully saturated rings. The first kappa shape index (κ1) is 16.3. The highest BCUT2D eigenvalue weighted by atomic mass is 32.2. The van der Waals surface area contributed by atoms with E-state index >= 15 is 0 Å². The monoisotopic (exact) mass is 370 g/mol. The van der Waals surface area contributed by atoms with E-state index in [1.807, 2.05) is 24.3 Å². The summed E-state index contributed by atoms with van der Waals surface area (Å²) < 4.78 is 31.5. The van der Waals surface area contributed by atoms with Gasteiger partial charge in [-0.3, -0.25) is 4.90 Å². The number of rotatable bonds is 3. The first-order valence-corrected chi connectivity index (χ1v) is 10.8. The number of likely N-dealkylation sites (tertiary alicyclic amines) is 1. The van der Waals surface area contributed by atoms with Crippen molar-refractivity contribution < 1.29 is 13.2 Å². The Morgan fingerprint density at radius 3 is 2.77 bits per heavy atom. The summed E-state index contributed by atoms with van der Waals surface area (Å²) in [5.74, 6) is 0.644. The lowest BCUT2D eigenvalue weighted by Gasteiger charge is -2.35. The van der Waals surface area contributed by atoms with E-state index in [0.29, 0.717) is 23.4 Å². The number of fused-ring (bicyclic) bond motifs is 3. The van der Waals surface area contributed by atoms with Crippen LogP contribution in [-0.4, -0.2) is 49.8 Å². The van der Waals surface area contributed by atoms with E-state index in [2.05, 4.69) is 9.88 Å². The molecule has 1 saturated carbocycles. The zero-order valence-corrected chi connectivity index (χ0v) is 15.6. The third kappa shape index (κ3) is 2.25. The van der Waals surface area contributed by atoms with Crippen molar-refractivity contribution in [1.82, 2.24) is 9.88 Å². The van der Waals surface area contributed by atoms with Crippen LogP contribution in [0.15, 0.2) is 41.4 Å². The fourth-order valence-corrected chi connectivity index (χ4v) is 6.84. The fourth-order valence-electron chi connectivity index (χ4n) is 4.67. The Hall–Kier alpha value is -1.92. The molecule has 0 radical (unpaired) electrons. The number of methoxy groups -OCH3 is 1. The average Bonchev–Trinajstić information content (AvgIpc) is 3.12. The lowest BCUT2D eigenvalue weighted by molar-refractivity contribution is 0.157. The molecule has 5 nitrogen and oxygen atoms in total. The number of sulfone groups is 1. The predicted molar refractivity (Wildman–Crippen MR) is 99.2 cm³/mol. The van der Waals surface area contributed by atoms with Crippen LogP contribution in [0.3, 0.4) is 0 Å². The summed E-state index contributed by atoms with van der Waals surface area (Å²) in [5.41, 5.74) is 2.83. The molecule has 26 heavy (non-hydrogen) atoms. The van der Waals surface area contributed by atoms with Crippen LogP contribution < -0.4 is 4.74 Å². The maximum Gasteiger partial charge on any atom is 0.221 e. The second-order valence-corrected chi connectivity index (χ2v) is 9.68. The van der Waals surface area contributed by atoms with Gasteiger partial charge in [-0.2, -0.15) is 0 Å². The van der Waals surface area contributed by atoms with Gasteiger partial charge in [0.25, 0.3) is 0 Å². The van der Waals surface area contributed by atoms with Gasteiger partial charge in [0.1, 0.15) is 0 Å². The first-order chi connectivity index (χ1) is 12.6. The molecule has 0 amide bonds. The highest BCUT2D eigenvalue weighted by molar-refractivity contribution is 7.92. The summed E-state index contributed by atoms with van der Waals surface area (Å²) in [7, 11) is -1.63. The van der Waals surface area contributed by atoms with Crippen LogP contribution in [0.1, 0.15) is 30.7 Å². The van der Waals surface area contributed by atoms with Crippen molar-refractivity contribution in [3.8, 4) is 17.0 Å². The van der Waals surface area contributed by atoms with Crippen LogP contribution in [0.25, 0.3) is 11.1 Å². The lowest BCUT2D eigenvalue weighted by atomic mass is 9.91. The minimum Gasteiger partial charge on any atom is -0.481 e. The summed E-state index contributed by atoms with van der Waals surface area (Å²) in [6.07, 6.45) is 5.38. The van der Waals surface area contributed by atoms with E-state index in [4.69, 9.17) is 4.74 Å². The minimum atomic E-state index is -3.24. The van der Waals surface area contributed by atoms with Crippen molar-refractivity contribution in [3.63, 3.8) is 0 Å². The van der Waals surface area contributed by atoms with Crippen LogP contribution in [0.4, 0.5) is 0 Å². The molecule has 6 heteroatoms. The van der Waals surface area contributed by atoms with Crippen molar-refractivity contribution >= 4 is 9.84 Å². The van der Waals surface area contributed by atoms with E-state index in [-0.39, 0.29) is 11.2 Å². The molecule has 3 aliphatic rings. The molecular formula is C20H22N2O3S. The maximum absolute atomic E-state index is 13.0. The van der Waals surface area contributed by atoms with Gasteiger partial charge in [-0.15, -0.1) is 0 Å². The van der Waals surface area contributed by atoms with Crippen LogP contribution in [0.2, 0.25) is 0 Å². The van der Waals surface area contributed by atoms with Crippen molar-refractivity contribution in [2.75, 3.05) is 20.2 Å². The van der Waals surface area contributed by atoms with Crippen molar-refractivity contribution in [3.05, 3.63) is 42.1 Å². The SMILES string of the molecule is COc1ncccc1-c1ccc2c(c1)[C@H]1CN(C3CCC3)C[C@H]1S2(=O)=O. The smallest absolute Gasteiger partial charge is 0.221 e. The van der Waals surface area contributed by atoms with Crippen molar-refractivity contribution in [2.24, 2.45) is 0 Å². The molecule has 1 aromatic carbocycles. The van der Waals surface area contributed by atoms with E-state index in [9.17, 15) is 8.42 Å². The third-order valence-corrected chi connectivity index (χ3v) is 8.53. The predicted octanol–water partition coefficient (Wildman–Crippen LogP) is 2.86. The topological polar surface area (TPSA) is 59.5 Å². The molecule has 0 bridgehead atoms. The molecule has 3 heterocycles. The van der Waals surface area contributed by atoms with Crippen molar-refractivity contribution in [2.45, 2.75) is 41.4 Å². The molecule has 1 saturated heterocycles. The van der Waals surface area contributed by atoms with Gasteiger partial charge in [-0.05, 0) is 48.2 Å². The summed E-state index contributed by atoms with van der Waals surface area (Å²) in [6.45, 7) is 1.53. The maximum atomic E-state index is 13.0. The number of nitrogens with zero attached hydrogens (tertiary/aromatic N) is 2. The van der Waals surface area contributed by atoms with Gasteiger partial charge in [0.2, 0.25) is 5.88 Å². The van der Waals surface area contributed by atoms with Gasteiger partial charge in [-0.25, -0.2) is 13.4 Å². The zero-order valence-electron chi connectivity index (χ0n) is 14.8. The van der Waals surface area contributed by atoms with Gasteiger partial charge in [-0.1, -0.05) is 12.5 Å². The Bertz CT molecular complexity index is 969. The Kier molecular flexibility index (Phi) is 3.62. The largest absolute Gasteiger partial charge is 0.481 e. The van der Waals surface area contributed by atoms with Crippen LogP contribution in [0.5, 0.6) is 5.88 Å². The van der Waals surface area contributed by atoms with Crippen molar-refractivity contribution in [1.29, 1.82) is 0 Å². The van der Waals surface area contributed by atoms with E-state index in [1.165, 1.54) is 19.3 Å². The molecule has 2 aromatic rings. The molecule has 5 rings (SSSR count). The molecule has 2 aliphatic heterocycles. The van der Waals surface area contributed by atoms with E-state index < -0.39 is 9.84 Å². The number of pyridine rings is 1. The number of hydrogen-bond acceptors (Lipinski definition) is 5. The highest BCUT2D eigenvalue weighted by Crippen LogP contribution is 2.48. The van der Waals surface area contributed by atoms with Gasteiger partial charge in [0.15, 0.2) is 9.84 Å². The molecule has 136 valence electrons. The Labute approximate surface area is 153 Å². The molecule has 0 unspecified atom stereocenters. The van der Waals surface area contributed by atoms with Gasteiger partial charge in [0.05, 0.1) is 17.3 Å². The average molecular weight is 370 g/mol. The molecule has 1 aromatic heterocycles. The van der Waals surface area contributed by atoms with Crippen LogP contribution in [0, 0.1) is 0 Å². The highest BCUT2D eigenvalue weighted by Gasteiger charge is 2.51. The first-order valence-electron chi connectivity index (χ1n) is 9.21. The molecule has 0 N–H and O–H groups in total. The Morgan fingerprint density at radius 1 is 1.19 bits per heavy atom. The Balaban J connectivity index is 1.57. The fraction of sp³-hybridized carbons (Fsp3) is 0.450. The van der Waals surface area contributed by atoms with E-state index in [1.54, 1.807) is 19.4 Å². The lowest BCUT2D eigenvalue weighted by Crippen LogP contribution is -2.39. The summed E-state index contributed by atoms with van der Waals surface area (Å²) in [5, 5.41) is -0.288. The van der Waals surface area contributed by atoms with Crippen LogP contribution in [-0.2, 0) is 9.84 Å². The number of hydrogen-bond donors (Lipinski definition) is 0. The third-order valence-electron chi connectivity index (χ3n) is 6.28. The van der Waals surface area contributed by atoms with Gasteiger partial charge >= 0.3 is 0 Å². The number of aromatic nitrogens is 1. The number of ether oxygens (including phenoxy) is 1. The minimum absolute atomic E-state index is 0.0817. The van der Waals surface area contributed by atoms with Gasteiger partial charge < -0.3 is 4.74 Å². The quantitative estimate of drug-likeness (QED) is 0.831. The zero-order chi connectivity index (χ0) is 17.9. The molecule has 2 atom stereocenters. The second-order valence-electron chi connectivity index (χ2n) is 7.54. The summed E-state index contributed by atoms with van der Waals surface area (Å²) in [6, 6.07) is 10.1. The standard InChI is InChI=1S/C20H22N2O3S/c1-25-20-15(6-3-9-21-20)13-7-8-18-16(10-13)17-11-22(14-4-2-5-14)12-19(17)26(18,23)24/h3,6-10,14,17,19H,2,4-5,11-12H2,1H3/t17-,19-/m1/s1. The molecular weight excluding hydrogens is 348 g/mol. The normalized spacial score (nSPS) is 27.0.